The van der Waals surface area contributed by atoms with E-state index in [1.165, 1.54) is 16.0 Å². The second-order valence-electron chi connectivity index (χ2n) is 4.51. The van der Waals surface area contributed by atoms with Crippen molar-refractivity contribution in [2.45, 2.75) is 26.3 Å². The van der Waals surface area contributed by atoms with E-state index in [1.807, 2.05) is 0 Å². The molecule has 0 fully saturated rings. The number of nitrogens with one attached hydrogen (secondary N) is 1. The van der Waals surface area contributed by atoms with E-state index >= 15 is 0 Å². The van der Waals surface area contributed by atoms with Gasteiger partial charge in [0.15, 0.2) is 0 Å². The van der Waals surface area contributed by atoms with E-state index < -0.39 is 0 Å². The molecule has 1 atom stereocenters. The zero-order valence-corrected chi connectivity index (χ0v) is 15.0. The largest absolute Gasteiger partial charge is 0.306 e. The van der Waals surface area contributed by atoms with E-state index in [0.717, 1.165) is 21.2 Å². The van der Waals surface area contributed by atoms with Gasteiger partial charge in [-0.15, -0.1) is 11.3 Å². The highest BCUT2D eigenvalue weighted by molar-refractivity contribution is 9.13. The van der Waals surface area contributed by atoms with E-state index in [0.29, 0.717) is 0 Å². The van der Waals surface area contributed by atoms with Gasteiger partial charge in [-0.05, 0) is 68.9 Å². The van der Waals surface area contributed by atoms with E-state index in [2.05, 4.69) is 81.4 Å². The average molecular weight is 403 g/mol. The molecule has 0 aliphatic rings. The molecule has 1 heterocycles. The summed E-state index contributed by atoms with van der Waals surface area (Å²) in [5, 5.41) is 3.65. The number of thiophene rings is 1. The van der Waals surface area contributed by atoms with Gasteiger partial charge in [-0.1, -0.05) is 31.2 Å². The predicted molar refractivity (Wildman–Crippen MR) is 91.0 cm³/mol. The minimum atomic E-state index is 0.272. The summed E-state index contributed by atoms with van der Waals surface area (Å²) >= 11 is 8.95. The van der Waals surface area contributed by atoms with Gasteiger partial charge in [-0.3, -0.25) is 0 Å². The SMILES string of the molecule is CCCNC(c1cc(Br)c(Br)s1)c1ccccc1C. The van der Waals surface area contributed by atoms with Crippen LogP contribution in [0.1, 0.15) is 35.4 Å². The van der Waals surface area contributed by atoms with E-state index in [9.17, 15) is 0 Å². The Hall–Kier alpha value is -0.160. The van der Waals surface area contributed by atoms with Gasteiger partial charge in [-0.25, -0.2) is 0 Å². The fourth-order valence-corrected chi connectivity index (χ4v) is 4.25. The lowest BCUT2D eigenvalue weighted by molar-refractivity contribution is 0.603. The molecule has 0 saturated heterocycles. The minimum absolute atomic E-state index is 0.272. The zero-order valence-electron chi connectivity index (χ0n) is 11.0. The molecule has 0 aliphatic carbocycles. The van der Waals surface area contributed by atoms with Gasteiger partial charge in [0.05, 0.1) is 9.83 Å². The molecule has 0 saturated carbocycles. The van der Waals surface area contributed by atoms with Crippen LogP contribution in [0.25, 0.3) is 0 Å². The summed E-state index contributed by atoms with van der Waals surface area (Å²) < 4.78 is 2.28. The molecule has 1 aromatic heterocycles. The lowest BCUT2D eigenvalue weighted by Gasteiger charge is -2.19. The van der Waals surface area contributed by atoms with Crippen LogP contribution >= 0.6 is 43.2 Å². The zero-order chi connectivity index (χ0) is 13.8. The fraction of sp³-hybridized carbons (Fsp3) is 0.333. The Balaban J connectivity index is 2.38. The first-order valence-corrected chi connectivity index (χ1v) is 8.77. The quantitative estimate of drug-likeness (QED) is 0.679. The topological polar surface area (TPSA) is 12.0 Å². The van der Waals surface area contributed by atoms with Crippen molar-refractivity contribution in [2.24, 2.45) is 0 Å². The van der Waals surface area contributed by atoms with Crippen LogP contribution in [0.2, 0.25) is 0 Å². The predicted octanol–water partition coefficient (Wildman–Crippen LogP) is 5.67. The van der Waals surface area contributed by atoms with Crippen LogP contribution in [0.5, 0.6) is 0 Å². The molecule has 19 heavy (non-hydrogen) atoms. The molecular formula is C15H17Br2NS. The molecule has 4 heteroatoms. The third-order valence-electron chi connectivity index (χ3n) is 3.05. The maximum Gasteiger partial charge on any atom is 0.0843 e. The third-order valence-corrected chi connectivity index (χ3v) is 6.37. The number of halogens is 2. The Morgan fingerprint density at radius 3 is 2.58 bits per heavy atom. The van der Waals surface area contributed by atoms with Gasteiger partial charge in [0, 0.05) is 9.35 Å². The Morgan fingerprint density at radius 2 is 2.00 bits per heavy atom. The number of aryl methyl sites for hydroxylation is 1. The van der Waals surface area contributed by atoms with Crippen molar-refractivity contribution in [1.29, 1.82) is 0 Å². The molecule has 0 aliphatic heterocycles. The second kappa shape index (κ2) is 7.02. The highest BCUT2D eigenvalue weighted by atomic mass is 79.9. The van der Waals surface area contributed by atoms with Crippen molar-refractivity contribution < 1.29 is 0 Å². The van der Waals surface area contributed by atoms with Crippen LogP contribution in [0.15, 0.2) is 38.6 Å². The second-order valence-corrected chi connectivity index (χ2v) is 7.77. The summed E-state index contributed by atoms with van der Waals surface area (Å²) in [7, 11) is 0. The number of rotatable bonds is 5. The Kier molecular flexibility index (Phi) is 5.63. The van der Waals surface area contributed by atoms with Crippen LogP contribution in [0.3, 0.4) is 0 Å². The molecule has 102 valence electrons. The first-order valence-electron chi connectivity index (χ1n) is 6.37. The van der Waals surface area contributed by atoms with Gasteiger partial charge in [-0.2, -0.15) is 0 Å². The Bertz CT molecular complexity index is 531. The van der Waals surface area contributed by atoms with E-state index in [1.54, 1.807) is 11.3 Å². The summed E-state index contributed by atoms with van der Waals surface area (Å²) in [4.78, 5) is 1.33. The summed E-state index contributed by atoms with van der Waals surface area (Å²) in [6.45, 7) is 5.39. The Morgan fingerprint density at radius 1 is 1.26 bits per heavy atom. The summed E-state index contributed by atoms with van der Waals surface area (Å²) in [6, 6.07) is 11.1. The molecule has 1 unspecified atom stereocenters. The van der Waals surface area contributed by atoms with Crippen molar-refractivity contribution in [3.63, 3.8) is 0 Å². The third kappa shape index (κ3) is 3.69. The Labute approximate surface area is 135 Å². The first-order chi connectivity index (χ1) is 9.13. The molecule has 1 nitrogen and oxygen atoms in total. The number of hydrogen-bond acceptors (Lipinski definition) is 2. The number of hydrogen-bond donors (Lipinski definition) is 1. The lowest BCUT2D eigenvalue weighted by atomic mass is 10.00. The van der Waals surface area contributed by atoms with Gasteiger partial charge in [0.2, 0.25) is 0 Å². The van der Waals surface area contributed by atoms with Crippen molar-refractivity contribution >= 4 is 43.2 Å². The maximum atomic E-state index is 3.65. The van der Waals surface area contributed by atoms with Crippen LogP contribution in [0.4, 0.5) is 0 Å². The van der Waals surface area contributed by atoms with Crippen LogP contribution in [0, 0.1) is 6.92 Å². The molecule has 2 aromatic rings. The highest BCUT2D eigenvalue weighted by Gasteiger charge is 2.18. The maximum absolute atomic E-state index is 3.65. The van der Waals surface area contributed by atoms with Crippen molar-refractivity contribution in [2.75, 3.05) is 6.54 Å². The molecule has 1 aromatic carbocycles. The molecule has 2 rings (SSSR count). The van der Waals surface area contributed by atoms with Gasteiger partial charge < -0.3 is 5.32 Å². The van der Waals surface area contributed by atoms with Crippen molar-refractivity contribution in [3.8, 4) is 0 Å². The summed E-state index contributed by atoms with van der Waals surface area (Å²) in [5.74, 6) is 0. The molecule has 0 amide bonds. The fourth-order valence-electron chi connectivity index (χ4n) is 2.07. The van der Waals surface area contributed by atoms with Crippen LogP contribution < -0.4 is 5.32 Å². The van der Waals surface area contributed by atoms with Crippen LogP contribution in [-0.2, 0) is 0 Å². The van der Waals surface area contributed by atoms with E-state index in [-0.39, 0.29) is 6.04 Å². The normalized spacial score (nSPS) is 12.6. The summed E-state index contributed by atoms with van der Waals surface area (Å²) in [6.07, 6.45) is 1.14. The highest BCUT2D eigenvalue weighted by Crippen LogP contribution is 2.38. The standard InChI is InChI=1S/C15H17Br2NS/c1-3-8-18-14(11-7-5-4-6-10(11)2)13-9-12(16)15(17)19-13/h4-7,9,14,18H,3,8H2,1-2H3. The summed E-state index contributed by atoms with van der Waals surface area (Å²) in [5.41, 5.74) is 2.69. The van der Waals surface area contributed by atoms with Crippen LogP contribution in [-0.4, -0.2) is 6.54 Å². The van der Waals surface area contributed by atoms with Crippen molar-refractivity contribution in [3.05, 3.63) is 54.6 Å². The number of benzene rings is 1. The molecular weight excluding hydrogens is 386 g/mol. The smallest absolute Gasteiger partial charge is 0.0843 e. The lowest BCUT2D eigenvalue weighted by Crippen LogP contribution is -2.23. The molecule has 1 N–H and O–H groups in total. The van der Waals surface area contributed by atoms with E-state index in [4.69, 9.17) is 0 Å². The molecule has 0 radical (unpaired) electrons. The molecule has 0 spiro atoms. The van der Waals surface area contributed by atoms with Gasteiger partial charge in [0.1, 0.15) is 0 Å². The van der Waals surface area contributed by atoms with Crippen molar-refractivity contribution in [1.82, 2.24) is 5.32 Å². The first kappa shape index (κ1) is 15.2. The minimum Gasteiger partial charge on any atom is -0.306 e. The molecule has 0 bridgehead atoms. The van der Waals surface area contributed by atoms with Gasteiger partial charge >= 0.3 is 0 Å². The van der Waals surface area contributed by atoms with Gasteiger partial charge in [0.25, 0.3) is 0 Å². The monoisotopic (exact) mass is 401 g/mol. The average Bonchev–Trinajstić information content (AvgIpc) is 2.72.